The molecule has 3 nitrogen and oxygen atoms in total. The van der Waals surface area contributed by atoms with Gasteiger partial charge in [0.25, 0.3) is 0 Å². The smallest absolute Gasteiger partial charge is 0.191 e. The SMILES string of the molecule is CN(C(N)=N[C@@H]1C[C@H]1c1ccc(Cl)cc1Cl)C1CC1. The number of hydrogen-bond donors (Lipinski definition) is 1. The number of nitrogens with zero attached hydrogens (tertiary/aromatic N) is 2. The van der Waals surface area contributed by atoms with Gasteiger partial charge < -0.3 is 10.6 Å². The second-order valence-corrected chi connectivity index (χ2v) is 6.25. The van der Waals surface area contributed by atoms with E-state index in [0.29, 0.717) is 22.9 Å². The maximum Gasteiger partial charge on any atom is 0.191 e. The van der Waals surface area contributed by atoms with Crippen molar-refractivity contribution >= 4 is 29.2 Å². The van der Waals surface area contributed by atoms with Crippen LogP contribution >= 0.6 is 23.2 Å². The van der Waals surface area contributed by atoms with Crippen molar-refractivity contribution in [2.75, 3.05) is 7.05 Å². The van der Waals surface area contributed by atoms with E-state index in [-0.39, 0.29) is 6.04 Å². The van der Waals surface area contributed by atoms with Gasteiger partial charge >= 0.3 is 0 Å². The summed E-state index contributed by atoms with van der Waals surface area (Å²) in [6.45, 7) is 0. The van der Waals surface area contributed by atoms with Crippen LogP contribution in [0.5, 0.6) is 0 Å². The first-order valence-electron chi connectivity index (χ1n) is 6.57. The minimum Gasteiger partial charge on any atom is -0.370 e. The van der Waals surface area contributed by atoms with Crippen LogP contribution < -0.4 is 5.73 Å². The second-order valence-electron chi connectivity index (χ2n) is 5.40. The summed E-state index contributed by atoms with van der Waals surface area (Å²) in [7, 11) is 2.02. The van der Waals surface area contributed by atoms with E-state index in [1.165, 1.54) is 12.8 Å². The largest absolute Gasteiger partial charge is 0.370 e. The predicted octanol–water partition coefficient (Wildman–Crippen LogP) is 3.26. The molecule has 0 unspecified atom stereocenters. The monoisotopic (exact) mass is 297 g/mol. The lowest BCUT2D eigenvalue weighted by atomic mass is 10.1. The molecule has 1 aromatic carbocycles. The Bertz CT molecular complexity index is 525. The van der Waals surface area contributed by atoms with Gasteiger partial charge in [-0.1, -0.05) is 29.3 Å². The van der Waals surface area contributed by atoms with Gasteiger partial charge in [-0.05, 0) is 37.0 Å². The number of halogens is 2. The molecule has 0 aromatic heterocycles. The average Bonchev–Trinajstić information content (AvgIpc) is 3.22. The molecule has 2 fully saturated rings. The zero-order valence-corrected chi connectivity index (χ0v) is 12.3. The summed E-state index contributed by atoms with van der Waals surface area (Å²) in [5.41, 5.74) is 7.15. The fourth-order valence-corrected chi connectivity index (χ4v) is 2.92. The molecule has 2 saturated carbocycles. The molecule has 102 valence electrons. The molecule has 0 heterocycles. The maximum atomic E-state index is 6.21. The number of nitrogens with two attached hydrogens (primary N) is 1. The topological polar surface area (TPSA) is 41.6 Å². The van der Waals surface area contributed by atoms with Gasteiger partial charge in [0.15, 0.2) is 5.96 Å². The van der Waals surface area contributed by atoms with Gasteiger partial charge in [0.05, 0.1) is 6.04 Å². The highest BCUT2D eigenvalue weighted by Gasteiger charge is 2.40. The molecule has 2 aliphatic rings. The van der Waals surface area contributed by atoms with E-state index in [4.69, 9.17) is 28.9 Å². The molecular formula is C14H17Cl2N3. The van der Waals surface area contributed by atoms with E-state index in [0.717, 1.165) is 17.0 Å². The summed E-state index contributed by atoms with van der Waals surface area (Å²) < 4.78 is 0. The molecule has 5 heteroatoms. The van der Waals surface area contributed by atoms with Crippen LogP contribution in [0.1, 0.15) is 30.7 Å². The van der Waals surface area contributed by atoms with E-state index in [9.17, 15) is 0 Å². The number of hydrogen-bond acceptors (Lipinski definition) is 1. The van der Waals surface area contributed by atoms with Crippen LogP contribution in [0.15, 0.2) is 23.2 Å². The highest BCUT2D eigenvalue weighted by atomic mass is 35.5. The van der Waals surface area contributed by atoms with Crippen LogP contribution in [-0.4, -0.2) is 30.0 Å². The summed E-state index contributed by atoms with van der Waals surface area (Å²) in [6, 6.07) is 6.52. The second kappa shape index (κ2) is 4.88. The lowest BCUT2D eigenvalue weighted by Crippen LogP contribution is -2.36. The summed E-state index contributed by atoms with van der Waals surface area (Å²) >= 11 is 12.1. The number of aliphatic imine (C=N–C) groups is 1. The summed E-state index contributed by atoms with van der Waals surface area (Å²) in [5, 5.41) is 1.40. The Morgan fingerprint density at radius 3 is 2.74 bits per heavy atom. The molecule has 0 bridgehead atoms. The quantitative estimate of drug-likeness (QED) is 0.687. The Morgan fingerprint density at radius 1 is 1.37 bits per heavy atom. The van der Waals surface area contributed by atoms with Crippen molar-refractivity contribution in [3.63, 3.8) is 0 Å². The zero-order chi connectivity index (χ0) is 13.6. The molecule has 0 saturated heterocycles. The minimum absolute atomic E-state index is 0.264. The van der Waals surface area contributed by atoms with Crippen LogP contribution in [0.2, 0.25) is 10.0 Å². The fraction of sp³-hybridized carbons (Fsp3) is 0.500. The first-order valence-corrected chi connectivity index (χ1v) is 7.33. The highest BCUT2D eigenvalue weighted by molar-refractivity contribution is 6.35. The first kappa shape index (κ1) is 13.1. The lowest BCUT2D eigenvalue weighted by molar-refractivity contribution is 0.487. The summed E-state index contributed by atoms with van der Waals surface area (Å²) in [5.74, 6) is 1.04. The van der Waals surface area contributed by atoms with Crippen molar-refractivity contribution in [1.82, 2.24) is 4.90 Å². The van der Waals surface area contributed by atoms with Crippen molar-refractivity contribution in [2.24, 2.45) is 10.7 Å². The van der Waals surface area contributed by atoms with Crippen LogP contribution in [0.3, 0.4) is 0 Å². The first-order chi connectivity index (χ1) is 9.06. The lowest BCUT2D eigenvalue weighted by Gasteiger charge is -2.16. The molecule has 3 rings (SSSR count). The fourth-order valence-electron chi connectivity index (χ4n) is 2.37. The summed E-state index contributed by atoms with van der Waals surface area (Å²) in [6.07, 6.45) is 3.47. The molecule has 0 aliphatic heterocycles. The molecule has 19 heavy (non-hydrogen) atoms. The van der Waals surface area contributed by atoms with E-state index in [1.54, 1.807) is 6.07 Å². The van der Waals surface area contributed by atoms with Crippen molar-refractivity contribution in [2.45, 2.75) is 37.3 Å². The Balaban J connectivity index is 1.68. The number of benzene rings is 1. The van der Waals surface area contributed by atoms with Crippen molar-refractivity contribution < 1.29 is 0 Å². The standard InChI is InChI=1S/C14H17Cl2N3/c1-19(9-3-4-9)14(17)18-13-7-11(13)10-5-2-8(15)6-12(10)16/h2,5-6,9,11,13H,3-4,7H2,1H3,(H2,17,18)/t11-,13+/m0/s1. The van der Waals surface area contributed by atoms with Gasteiger partial charge in [-0.3, -0.25) is 0 Å². The van der Waals surface area contributed by atoms with E-state index < -0.39 is 0 Å². The van der Waals surface area contributed by atoms with Gasteiger partial charge in [-0.25, -0.2) is 4.99 Å². The maximum absolute atomic E-state index is 6.21. The van der Waals surface area contributed by atoms with Gasteiger partial charge in [0.2, 0.25) is 0 Å². The van der Waals surface area contributed by atoms with Crippen LogP contribution in [-0.2, 0) is 0 Å². The van der Waals surface area contributed by atoms with Crippen molar-refractivity contribution in [3.8, 4) is 0 Å². The van der Waals surface area contributed by atoms with Crippen molar-refractivity contribution in [1.29, 1.82) is 0 Å². The normalized spacial score (nSPS) is 26.4. The Labute approximate surface area is 123 Å². The zero-order valence-electron chi connectivity index (χ0n) is 10.8. The molecule has 2 aliphatic carbocycles. The van der Waals surface area contributed by atoms with Gasteiger partial charge in [0.1, 0.15) is 0 Å². The number of rotatable bonds is 3. The Morgan fingerprint density at radius 2 is 2.11 bits per heavy atom. The van der Waals surface area contributed by atoms with Gasteiger partial charge in [0, 0.05) is 29.1 Å². The average molecular weight is 298 g/mol. The molecule has 2 atom stereocenters. The Kier molecular flexibility index (Phi) is 3.35. The Hall–Kier alpha value is -0.930. The molecular weight excluding hydrogens is 281 g/mol. The third-order valence-corrected chi connectivity index (χ3v) is 4.44. The predicted molar refractivity (Wildman–Crippen MR) is 80.0 cm³/mol. The highest BCUT2D eigenvalue weighted by Crippen LogP contribution is 2.46. The van der Waals surface area contributed by atoms with Gasteiger partial charge in [-0.15, -0.1) is 0 Å². The number of guanidine groups is 1. The van der Waals surface area contributed by atoms with Crippen LogP contribution in [0.25, 0.3) is 0 Å². The van der Waals surface area contributed by atoms with Crippen LogP contribution in [0, 0.1) is 0 Å². The minimum atomic E-state index is 0.264. The van der Waals surface area contributed by atoms with Crippen LogP contribution in [0.4, 0.5) is 0 Å². The summed E-state index contributed by atoms with van der Waals surface area (Å²) in [4.78, 5) is 6.68. The molecule has 0 radical (unpaired) electrons. The molecule has 2 N–H and O–H groups in total. The van der Waals surface area contributed by atoms with Crippen molar-refractivity contribution in [3.05, 3.63) is 33.8 Å². The molecule has 0 spiro atoms. The van der Waals surface area contributed by atoms with E-state index in [2.05, 4.69) is 9.89 Å². The third-order valence-electron chi connectivity index (χ3n) is 3.87. The van der Waals surface area contributed by atoms with E-state index >= 15 is 0 Å². The van der Waals surface area contributed by atoms with Gasteiger partial charge in [-0.2, -0.15) is 0 Å². The molecule has 0 amide bonds. The third kappa shape index (κ3) is 2.82. The van der Waals surface area contributed by atoms with E-state index in [1.807, 2.05) is 19.2 Å². The molecule has 1 aromatic rings.